The van der Waals surface area contributed by atoms with Crippen LogP contribution in [-0.4, -0.2) is 10.1 Å². The third-order valence-electron chi connectivity index (χ3n) is 2.58. The standard InChI is InChI=1S/C12H15NO/c1-8-7-13-11-9(8)5-4-6-10(11)12(2,3)14/h4-7,13-14H,1-3H3. The van der Waals surface area contributed by atoms with Crippen LogP contribution in [0.4, 0.5) is 0 Å². The van der Waals surface area contributed by atoms with Crippen molar-refractivity contribution in [3.8, 4) is 0 Å². The van der Waals surface area contributed by atoms with E-state index >= 15 is 0 Å². The fraction of sp³-hybridized carbons (Fsp3) is 0.333. The van der Waals surface area contributed by atoms with E-state index in [1.807, 2.05) is 18.3 Å². The van der Waals surface area contributed by atoms with Crippen molar-refractivity contribution in [1.29, 1.82) is 0 Å². The van der Waals surface area contributed by atoms with E-state index in [2.05, 4.69) is 18.0 Å². The lowest BCUT2D eigenvalue weighted by molar-refractivity contribution is 0.0800. The van der Waals surface area contributed by atoms with Gasteiger partial charge in [-0.25, -0.2) is 0 Å². The van der Waals surface area contributed by atoms with Crippen LogP contribution in [0.25, 0.3) is 10.9 Å². The zero-order valence-corrected chi connectivity index (χ0v) is 8.76. The number of hydrogen-bond acceptors (Lipinski definition) is 1. The van der Waals surface area contributed by atoms with Crippen molar-refractivity contribution in [3.05, 3.63) is 35.5 Å². The average molecular weight is 189 g/mol. The van der Waals surface area contributed by atoms with Gasteiger partial charge in [-0.05, 0) is 26.3 Å². The van der Waals surface area contributed by atoms with Gasteiger partial charge in [0.25, 0.3) is 0 Å². The summed E-state index contributed by atoms with van der Waals surface area (Å²) in [7, 11) is 0. The number of aryl methyl sites for hydroxylation is 1. The molecule has 1 aromatic heterocycles. The van der Waals surface area contributed by atoms with Gasteiger partial charge in [0, 0.05) is 17.1 Å². The molecule has 0 atom stereocenters. The molecule has 2 rings (SSSR count). The van der Waals surface area contributed by atoms with Crippen LogP contribution in [0.2, 0.25) is 0 Å². The molecule has 1 aromatic carbocycles. The van der Waals surface area contributed by atoms with Gasteiger partial charge in [-0.3, -0.25) is 0 Å². The molecular weight excluding hydrogens is 174 g/mol. The van der Waals surface area contributed by atoms with E-state index in [4.69, 9.17) is 0 Å². The molecule has 2 aromatic rings. The lowest BCUT2D eigenvalue weighted by atomic mass is 9.96. The van der Waals surface area contributed by atoms with Crippen LogP contribution in [0.5, 0.6) is 0 Å². The number of nitrogens with one attached hydrogen (secondary N) is 1. The second-order valence-corrected chi connectivity index (χ2v) is 4.26. The molecule has 14 heavy (non-hydrogen) atoms. The van der Waals surface area contributed by atoms with Gasteiger partial charge in [-0.15, -0.1) is 0 Å². The zero-order chi connectivity index (χ0) is 10.3. The van der Waals surface area contributed by atoms with E-state index < -0.39 is 5.60 Å². The first-order chi connectivity index (χ1) is 6.50. The van der Waals surface area contributed by atoms with Crippen LogP contribution in [0.1, 0.15) is 25.0 Å². The number of rotatable bonds is 1. The van der Waals surface area contributed by atoms with Crippen molar-refractivity contribution in [1.82, 2.24) is 4.98 Å². The molecule has 2 nitrogen and oxygen atoms in total. The number of aromatic amines is 1. The van der Waals surface area contributed by atoms with E-state index in [-0.39, 0.29) is 0 Å². The molecule has 0 bridgehead atoms. The van der Waals surface area contributed by atoms with Crippen LogP contribution >= 0.6 is 0 Å². The van der Waals surface area contributed by atoms with Crippen LogP contribution in [0.15, 0.2) is 24.4 Å². The second kappa shape index (κ2) is 2.85. The van der Waals surface area contributed by atoms with Gasteiger partial charge in [0.2, 0.25) is 0 Å². The van der Waals surface area contributed by atoms with Crippen molar-refractivity contribution in [2.75, 3.05) is 0 Å². The van der Waals surface area contributed by atoms with Crippen molar-refractivity contribution in [2.45, 2.75) is 26.4 Å². The first-order valence-electron chi connectivity index (χ1n) is 4.79. The highest BCUT2D eigenvalue weighted by Crippen LogP contribution is 2.28. The van der Waals surface area contributed by atoms with Crippen LogP contribution in [0, 0.1) is 6.92 Å². The molecule has 2 heteroatoms. The summed E-state index contributed by atoms with van der Waals surface area (Å²) in [5, 5.41) is 11.2. The lowest BCUT2D eigenvalue weighted by Crippen LogP contribution is -2.15. The largest absolute Gasteiger partial charge is 0.386 e. The maximum atomic E-state index is 9.98. The van der Waals surface area contributed by atoms with Gasteiger partial charge < -0.3 is 10.1 Å². The van der Waals surface area contributed by atoms with Gasteiger partial charge in [-0.2, -0.15) is 0 Å². The average Bonchev–Trinajstić information content (AvgIpc) is 2.46. The summed E-state index contributed by atoms with van der Waals surface area (Å²) in [5.41, 5.74) is 2.41. The van der Waals surface area contributed by atoms with E-state index in [0.29, 0.717) is 0 Å². The Bertz CT molecular complexity index is 463. The van der Waals surface area contributed by atoms with Gasteiger partial charge in [-0.1, -0.05) is 18.2 Å². The smallest absolute Gasteiger partial charge is 0.0860 e. The molecule has 0 aliphatic heterocycles. The van der Waals surface area contributed by atoms with Crippen molar-refractivity contribution >= 4 is 10.9 Å². The minimum atomic E-state index is -0.795. The molecule has 0 amide bonds. The molecule has 0 unspecified atom stereocenters. The van der Waals surface area contributed by atoms with E-state index in [0.717, 1.165) is 11.1 Å². The molecular formula is C12H15NO. The third kappa shape index (κ3) is 1.32. The maximum Gasteiger partial charge on any atom is 0.0860 e. The van der Waals surface area contributed by atoms with Crippen LogP contribution < -0.4 is 0 Å². The minimum absolute atomic E-state index is 0.795. The molecule has 0 aliphatic rings. The number of aliphatic hydroxyl groups is 1. The Labute approximate surface area is 83.6 Å². The first-order valence-corrected chi connectivity index (χ1v) is 4.79. The van der Waals surface area contributed by atoms with Crippen molar-refractivity contribution in [3.63, 3.8) is 0 Å². The Morgan fingerprint density at radius 3 is 2.64 bits per heavy atom. The Kier molecular flexibility index (Phi) is 1.89. The number of hydrogen-bond donors (Lipinski definition) is 2. The number of aromatic nitrogens is 1. The predicted molar refractivity (Wildman–Crippen MR) is 58.3 cm³/mol. The fourth-order valence-corrected chi connectivity index (χ4v) is 1.80. The van der Waals surface area contributed by atoms with Gasteiger partial charge >= 0.3 is 0 Å². The van der Waals surface area contributed by atoms with Crippen LogP contribution in [0.3, 0.4) is 0 Å². The molecule has 0 fully saturated rings. The normalized spacial score (nSPS) is 12.3. The predicted octanol–water partition coefficient (Wildman–Crippen LogP) is 2.70. The van der Waals surface area contributed by atoms with E-state index in [1.54, 1.807) is 13.8 Å². The topological polar surface area (TPSA) is 36.0 Å². The third-order valence-corrected chi connectivity index (χ3v) is 2.58. The molecule has 2 N–H and O–H groups in total. The minimum Gasteiger partial charge on any atom is -0.386 e. The summed E-state index contributed by atoms with van der Waals surface area (Å²) in [5.74, 6) is 0. The lowest BCUT2D eigenvalue weighted by Gasteiger charge is -2.18. The first kappa shape index (κ1) is 9.28. The van der Waals surface area contributed by atoms with Gasteiger partial charge in [0.15, 0.2) is 0 Å². The number of H-pyrrole nitrogens is 1. The van der Waals surface area contributed by atoms with E-state index in [1.165, 1.54) is 10.9 Å². The Morgan fingerprint density at radius 1 is 1.29 bits per heavy atom. The summed E-state index contributed by atoms with van der Waals surface area (Å²) < 4.78 is 0. The molecule has 1 heterocycles. The van der Waals surface area contributed by atoms with E-state index in [9.17, 15) is 5.11 Å². The number of fused-ring (bicyclic) bond motifs is 1. The summed E-state index contributed by atoms with van der Waals surface area (Å²) >= 11 is 0. The number of benzene rings is 1. The highest BCUT2D eigenvalue weighted by atomic mass is 16.3. The van der Waals surface area contributed by atoms with Gasteiger partial charge in [0.1, 0.15) is 0 Å². The quantitative estimate of drug-likeness (QED) is 0.711. The van der Waals surface area contributed by atoms with Crippen molar-refractivity contribution in [2.24, 2.45) is 0 Å². The van der Waals surface area contributed by atoms with Gasteiger partial charge in [0.05, 0.1) is 11.1 Å². The second-order valence-electron chi connectivity index (χ2n) is 4.26. The Hall–Kier alpha value is -1.28. The summed E-state index contributed by atoms with van der Waals surface area (Å²) in [4.78, 5) is 3.20. The van der Waals surface area contributed by atoms with Crippen molar-refractivity contribution < 1.29 is 5.11 Å². The maximum absolute atomic E-state index is 9.98. The molecule has 0 saturated carbocycles. The molecule has 0 spiro atoms. The molecule has 0 saturated heterocycles. The fourth-order valence-electron chi connectivity index (χ4n) is 1.80. The SMILES string of the molecule is Cc1c[nH]c2c(C(C)(C)O)cccc12. The highest BCUT2D eigenvalue weighted by molar-refractivity contribution is 5.86. The van der Waals surface area contributed by atoms with Crippen LogP contribution in [-0.2, 0) is 5.60 Å². The zero-order valence-electron chi connectivity index (χ0n) is 8.76. The highest BCUT2D eigenvalue weighted by Gasteiger charge is 2.19. The monoisotopic (exact) mass is 189 g/mol. The molecule has 0 aliphatic carbocycles. The Morgan fingerprint density at radius 2 is 2.00 bits per heavy atom. The molecule has 0 radical (unpaired) electrons. The Balaban J connectivity index is 2.79. The number of para-hydroxylation sites is 1. The molecule has 74 valence electrons. The summed E-state index contributed by atoms with van der Waals surface area (Å²) in [6.45, 7) is 5.67. The summed E-state index contributed by atoms with van der Waals surface area (Å²) in [6, 6.07) is 6.01. The summed E-state index contributed by atoms with van der Waals surface area (Å²) in [6.07, 6.45) is 1.97.